The molecule has 3 heteroatoms. The number of aliphatic carboxylic acids is 1. The standard InChI is InChI=1S/C12H17NO2/c1-13-9-11(12(14)15)8-7-10-5-3-2-4-6-10/h2-6,11,13H,7-9H2,1H3,(H,14,15)/p-1. The normalized spacial score (nSPS) is 12.3. The van der Waals surface area contributed by atoms with E-state index in [1.165, 1.54) is 5.56 Å². The molecule has 0 bridgehead atoms. The Balaban J connectivity index is 2.43. The Labute approximate surface area is 90.1 Å². The van der Waals surface area contributed by atoms with Gasteiger partial charge in [-0.15, -0.1) is 0 Å². The third-order valence-corrected chi connectivity index (χ3v) is 2.41. The molecule has 1 N–H and O–H groups in total. The fourth-order valence-corrected chi connectivity index (χ4v) is 1.54. The topological polar surface area (TPSA) is 52.2 Å². The number of aryl methyl sites for hydroxylation is 1. The van der Waals surface area contributed by atoms with E-state index in [0.717, 1.165) is 6.42 Å². The molecule has 0 saturated carbocycles. The zero-order chi connectivity index (χ0) is 11.1. The lowest BCUT2D eigenvalue weighted by Crippen LogP contribution is -2.37. The number of carboxylic acids is 1. The lowest BCUT2D eigenvalue weighted by atomic mass is 9.99. The van der Waals surface area contributed by atoms with E-state index < -0.39 is 11.9 Å². The molecule has 0 radical (unpaired) electrons. The molecular formula is C12H16NO2-. The monoisotopic (exact) mass is 206 g/mol. The second kappa shape index (κ2) is 6.19. The van der Waals surface area contributed by atoms with Gasteiger partial charge in [-0.05, 0) is 25.5 Å². The van der Waals surface area contributed by atoms with E-state index in [2.05, 4.69) is 5.32 Å². The van der Waals surface area contributed by atoms with Gasteiger partial charge in [-0.25, -0.2) is 0 Å². The maximum absolute atomic E-state index is 10.8. The highest BCUT2D eigenvalue weighted by Crippen LogP contribution is 2.08. The van der Waals surface area contributed by atoms with Crippen LogP contribution >= 0.6 is 0 Å². The molecule has 0 aromatic heterocycles. The van der Waals surface area contributed by atoms with Gasteiger partial charge in [0.05, 0.1) is 0 Å². The van der Waals surface area contributed by atoms with E-state index in [-0.39, 0.29) is 0 Å². The lowest BCUT2D eigenvalue weighted by Gasteiger charge is -2.17. The molecule has 0 aliphatic heterocycles. The Hall–Kier alpha value is -1.35. The van der Waals surface area contributed by atoms with Crippen LogP contribution in [-0.4, -0.2) is 19.6 Å². The Bertz CT molecular complexity index is 298. The van der Waals surface area contributed by atoms with Crippen LogP contribution in [-0.2, 0) is 11.2 Å². The average Bonchev–Trinajstić information content (AvgIpc) is 2.25. The maximum Gasteiger partial charge on any atom is 0.0458 e. The molecule has 1 atom stereocenters. The predicted octanol–water partition coefficient (Wildman–Crippen LogP) is 0.205. The summed E-state index contributed by atoms with van der Waals surface area (Å²) in [6, 6.07) is 9.88. The first-order valence-electron chi connectivity index (χ1n) is 5.13. The fraction of sp³-hybridized carbons (Fsp3) is 0.417. The summed E-state index contributed by atoms with van der Waals surface area (Å²) >= 11 is 0. The van der Waals surface area contributed by atoms with Crippen LogP contribution in [0, 0.1) is 5.92 Å². The average molecular weight is 206 g/mol. The van der Waals surface area contributed by atoms with Crippen molar-refractivity contribution in [2.75, 3.05) is 13.6 Å². The van der Waals surface area contributed by atoms with E-state index in [4.69, 9.17) is 0 Å². The summed E-state index contributed by atoms with van der Waals surface area (Å²) in [6.45, 7) is 0.467. The second-order valence-electron chi connectivity index (χ2n) is 3.60. The SMILES string of the molecule is CNCC(CCc1ccccc1)C(=O)[O-]. The number of carbonyl (C=O) groups excluding carboxylic acids is 1. The summed E-state index contributed by atoms with van der Waals surface area (Å²) in [5.74, 6) is -1.38. The zero-order valence-electron chi connectivity index (χ0n) is 8.90. The molecule has 3 nitrogen and oxygen atoms in total. The Kier molecular flexibility index (Phi) is 4.84. The highest BCUT2D eigenvalue weighted by Gasteiger charge is 2.08. The molecule has 0 amide bonds. The van der Waals surface area contributed by atoms with Crippen LogP contribution in [0.5, 0.6) is 0 Å². The summed E-state index contributed by atoms with van der Waals surface area (Å²) in [6.07, 6.45) is 1.40. The molecule has 0 fully saturated rings. The molecule has 1 aromatic rings. The van der Waals surface area contributed by atoms with Crippen LogP contribution in [0.15, 0.2) is 30.3 Å². The first-order chi connectivity index (χ1) is 7.24. The largest absolute Gasteiger partial charge is 0.550 e. The molecule has 1 unspecified atom stereocenters. The van der Waals surface area contributed by atoms with Gasteiger partial charge in [0, 0.05) is 18.4 Å². The lowest BCUT2D eigenvalue weighted by molar-refractivity contribution is -0.311. The second-order valence-corrected chi connectivity index (χ2v) is 3.60. The maximum atomic E-state index is 10.8. The predicted molar refractivity (Wildman–Crippen MR) is 57.2 cm³/mol. The molecular weight excluding hydrogens is 190 g/mol. The number of hydrogen-bond donors (Lipinski definition) is 1. The molecule has 1 aromatic carbocycles. The third-order valence-electron chi connectivity index (χ3n) is 2.41. The number of benzene rings is 1. The molecule has 0 saturated heterocycles. The van der Waals surface area contributed by atoms with Crippen molar-refractivity contribution >= 4 is 5.97 Å². The first kappa shape index (κ1) is 11.7. The van der Waals surface area contributed by atoms with E-state index in [9.17, 15) is 9.90 Å². The van der Waals surface area contributed by atoms with Crippen molar-refractivity contribution in [3.63, 3.8) is 0 Å². The number of carbonyl (C=O) groups is 1. The van der Waals surface area contributed by atoms with Crippen molar-refractivity contribution in [3.8, 4) is 0 Å². The number of hydrogen-bond acceptors (Lipinski definition) is 3. The van der Waals surface area contributed by atoms with Crippen LogP contribution in [0.25, 0.3) is 0 Å². The number of nitrogens with one attached hydrogen (secondary N) is 1. The van der Waals surface area contributed by atoms with Gasteiger partial charge in [0.1, 0.15) is 0 Å². The Morgan fingerprint density at radius 1 is 1.40 bits per heavy atom. The van der Waals surface area contributed by atoms with Gasteiger partial charge in [-0.1, -0.05) is 30.3 Å². The Morgan fingerprint density at radius 2 is 2.07 bits per heavy atom. The van der Waals surface area contributed by atoms with Crippen molar-refractivity contribution in [2.24, 2.45) is 5.92 Å². The minimum Gasteiger partial charge on any atom is -0.550 e. The zero-order valence-corrected chi connectivity index (χ0v) is 8.90. The summed E-state index contributed by atoms with van der Waals surface area (Å²) in [7, 11) is 1.75. The van der Waals surface area contributed by atoms with Gasteiger partial charge < -0.3 is 15.2 Å². The van der Waals surface area contributed by atoms with Crippen molar-refractivity contribution in [1.29, 1.82) is 0 Å². The molecule has 1 rings (SSSR count). The van der Waals surface area contributed by atoms with Crippen molar-refractivity contribution in [3.05, 3.63) is 35.9 Å². The van der Waals surface area contributed by atoms with Crippen LogP contribution in [0.3, 0.4) is 0 Å². The molecule has 0 aliphatic rings. The summed E-state index contributed by atoms with van der Waals surface area (Å²) in [4.78, 5) is 10.8. The molecule has 82 valence electrons. The minimum atomic E-state index is -0.972. The van der Waals surface area contributed by atoms with E-state index in [1.807, 2.05) is 30.3 Å². The number of rotatable bonds is 6. The van der Waals surface area contributed by atoms with Gasteiger partial charge in [0.2, 0.25) is 0 Å². The van der Waals surface area contributed by atoms with Crippen molar-refractivity contribution in [2.45, 2.75) is 12.8 Å². The van der Waals surface area contributed by atoms with Crippen LogP contribution in [0.1, 0.15) is 12.0 Å². The van der Waals surface area contributed by atoms with E-state index in [1.54, 1.807) is 7.05 Å². The molecule has 0 spiro atoms. The van der Waals surface area contributed by atoms with E-state index in [0.29, 0.717) is 13.0 Å². The highest BCUT2D eigenvalue weighted by atomic mass is 16.4. The quantitative estimate of drug-likeness (QED) is 0.723. The number of carboxylic acid groups (broad SMARTS) is 1. The van der Waals surface area contributed by atoms with Crippen LogP contribution in [0.2, 0.25) is 0 Å². The highest BCUT2D eigenvalue weighted by molar-refractivity contribution is 5.67. The molecule has 0 heterocycles. The summed E-state index contributed by atoms with van der Waals surface area (Å²) < 4.78 is 0. The van der Waals surface area contributed by atoms with Crippen LogP contribution < -0.4 is 10.4 Å². The first-order valence-corrected chi connectivity index (χ1v) is 5.13. The van der Waals surface area contributed by atoms with Gasteiger partial charge in [0.25, 0.3) is 0 Å². The smallest absolute Gasteiger partial charge is 0.0458 e. The third kappa shape index (κ3) is 4.13. The van der Waals surface area contributed by atoms with Gasteiger partial charge >= 0.3 is 0 Å². The van der Waals surface area contributed by atoms with Gasteiger partial charge in [0.15, 0.2) is 0 Å². The van der Waals surface area contributed by atoms with Gasteiger partial charge in [-0.2, -0.15) is 0 Å². The van der Waals surface area contributed by atoms with Crippen LogP contribution in [0.4, 0.5) is 0 Å². The van der Waals surface area contributed by atoms with Crippen molar-refractivity contribution in [1.82, 2.24) is 5.32 Å². The Morgan fingerprint density at radius 3 is 2.60 bits per heavy atom. The van der Waals surface area contributed by atoms with Crippen molar-refractivity contribution < 1.29 is 9.90 Å². The summed E-state index contributed by atoms with van der Waals surface area (Å²) in [5.41, 5.74) is 1.17. The molecule has 0 aliphatic carbocycles. The fourth-order valence-electron chi connectivity index (χ4n) is 1.54. The summed E-state index contributed by atoms with van der Waals surface area (Å²) in [5, 5.41) is 13.6. The molecule has 15 heavy (non-hydrogen) atoms. The van der Waals surface area contributed by atoms with Gasteiger partial charge in [-0.3, -0.25) is 0 Å². The van der Waals surface area contributed by atoms with E-state index >= 15 is 0 Å². The minimum absolute atomic E-state index is 0.407.